The van der Waals surface area contributed by atoms with Crippen LogP contribution in [0, 0.1) is 0 Å². The SMILES string of the molecule is OCCN1CCN(c2cccc(CN3CCNCC3)c2)CC1. The molecule has 5 nitrogen and oxygen atoms in total. The van der Waals surface area contributed by atoms with Crippen molar-refractivity contribution in [1.82, 2.24) is 15.1 Å². The van der Waals surface area contributed by atoms with Gasteiger partial charge in [-0.25, -0.2) is 0 Å². The zero-order chi connectivity index (χ0) is 15.2. The summed E-state index contributed by atoms with van der Waals surface area (Å²) in [6.07, 6.45) is 0. The Bertz CT molecular complexity index is 454. The van der Waals surface area contributed by atoms with E-state index >= 15 is 0 Å². The summed E-state index contributed by atoms with van der Waals surface area (Å²) in [4.78, 5) is 7.32. The molecule has 0 spiro atoms. The fraction of sp³-hybridized carbons (Fsp3) is 0.647. The quantitative estimate of drug-likeness (QED) is 0.814. The van der Waals surface area contributed by atoms with Gasteiger partial charge in [0.15, 0.2) is 0 Å². The Morgan fingerprint density at radius 2 is 1.73 bits per heavy atom. The molecule has 2 saturated heterocycles. The van der Waals surface area contributed by atoms with E-state index in [0.717, 1.165) is 65.4 Å². The number of nitrogens with zero attached hydrogens (tertiary/aromatic N) is 3. The molecule has 2 N–H and O–H groups in total. The largest absolute Gasteiger partial charge is 0.395 e. The fourth-order valence-corrected chi connectivity index (χ4v) is 3.35. The maximum atomic E-state index is 9.03. The second kappa shape index (κ2) is 7.92. The monoisotopic (exact) mass is 304 g/mol. The van der Waals surface area contributed by atoms with Gasteiger partial charge in [0, 0.05) is 71.1 Å². The van der Waals surface area contributed by atoms with E-state index in [1.165, 1.54) is 11.3 Å². The molecule has 122 valence electrons. The van der Waals surface area contributed by atoms with Crippen molar-refractivity contribution in [1.29, 1.82) is 0 Å². The standard InChI is InChI=1S/C17H28N4O/c22-13-12-19-8-10-21(11-9-19)17-3-1-2-16(14-17)15-20-6-4-18-5-7-20/h1-3,14,18,22H,4-13,15H2. The third kappa shape index (κ3) is 4.20. The molecule has 2 fully saturated rings. The third-order valence-corrected chi connectivity index (χ3v) is 4.68. The van der Waals surface area contributed by atoms with Crippen molar-refractivity contribution in [3.05, 3.63) is 29.8 Å². The third-order valence-electron chi connectivity index (χ3n) is 4.68. The highest BCUT2D eigenvalue weighted by Gasteiger charge is 2.17. The van der Waals surface area contributed by atoms with Crippen molar-refractivity contribution in [2.75, 3.05) is 70.4 Å². The Labute approximate surface area is 133 Å². The number of hydrogen-bond acceptors (Lipinski definition) is 5. The Balaban J connectivity index is 1.57. The lowest BCUT2D eigenvalue weighted by molar-refractivity contribution is 0.189. The van der Waals surface area contributed by atoms with Gasteiger partial charge in [-0.15, -0.1) is 0 Å². The smallest absolute Gasteiger partial charge is 0.0558 e. The Morgan fingerprint density at radius 3 is 2.45 bits per heavy atom. The average Bonchev–Trinajstić information content (AvgIpc) is 2.57. The highest BCUT2D eigenvalue weighted by atomic mass is 16.3. The number of piperazine rings is 2. The predicted molar refractivity (Wildman–Crippen MR) is 90.3 cm³/mol. The minimum absolute atomic E-state index is 0.264. The molecule has 22 heavy (non-hydrogen) atoms. The summed E-state index contributed by atoms with van der Waals surface area (Å²) >= 11 is 0. The number of hydrogen-bond donors (Lipinski definition) is 2. The van der Waals surface area contributed by atoms with Crippen LogP contribution in [0.3, 0.4) is 0 Å². The molecule has 0 saturated carbocycles. The molecule has 0 radical (unpaired) electrons. The van der Waals surface area contributed by atoms with Crippen LogP contribution < -0.4 is 10.2 Å². The average molecular weight is 304 g/mol. The van der Waals surface area contributed by atoms with Gasteiger partial charge in [0.05, 0.1) is 6.61 Å². The maximum absolute atomic E-state index is 9.03. The number of rotatable bonds is 5. The van der Waals surface area contributed by atoms with Gasteiger partial charge >= 0.3 is 0 Å². The number of anilines is 1. The molecule has 0 amide bonds. The van der Waals surface area contributed by atoms with E-state index in [9.17, 15) is 0 Å². The van der Waals surface area contributed by atoms with Crippen LogP contribution in [0.15, 0.2) is 24.3 Å². The summed E-state index contributed by atoms with van der Waals surface area (Å²) in [5.74, 6) is 0. The summed E-state index contributed by atoms with van der Waals surface area (Å²) in [7, 11) is 0. The number of β-amino-alcohol motifs (C(OH)–C–C–N with tert-alkyl or cyclic N) is 1. The minimum atomic E-state index is 0.264. The molecule has 2 heterocycles. The molecular formula is C17H28N4O. The molecular weight excluding hydrogens is 276 g/mol. The van der Waals surface area contributed by atoms with Gasteiger partial charge in [-0.2, -0.15) is 0 Å². The topological polar surface area (TPSA) is 42.0 Å². The summed E-state index contributed by atoms with van der Waals surface area (Å²) in [5, 5.41) is 12.4. The van der Waals surface area contributed by atoms with Gasteiger partial charge in [0.1, 0.15) is 0 Å². The van der Waals surface area contributed by atoms with Gasteiger partial charge in [0.25, 0.3) is 0 Å². The van der Waals surface area contributed by atoms with Crippen LogP contribution in [0.5, 0.6) is 0 Å². The van der Waals surface area contributed by atoms with Crippen LogP contribution in [-0.4, -0.2) is 80.4 Å². The highest BCUT2D eigenvalue weighted by Crippen LogP contribution is 2.19. The highest BCUT2D eigenvalue weighted by molar-refractivity contribution is 5.49. The van der Waals surface area contributed by atoms with Crippen molar-refractivity contribution in [3.8, 4) is 0 Å². The van der Waals surface area contributed by atoms with Gasteiger partial charge < -0.3 is 15.3 Å². The molecule has 0 aliphatic carbocycles. The number of aliphatic hydroxyl groups is 1. The molecule has 2 aliphatic rings. The lowest BCUT2D eigenvalue weighted by atomic mass is 10.1. The normalized spacial score (nSPS) is 21.2. The van der Waals surface area contributed by atoms with E-state index in [1.54, 1.807) is 0 Å². The van der Waals surface area contributed by atoms with E-state index in [4.69, 9.17) is 5.11 Å². The van der Waals surface area contributed by atoms with Crippen LogP contribution in [0.4, 0.5) is 5.69 Å². The molecule has 0 aromatic heterocycles. The molecule has 0 atom stereocenters. The summed E-state index contributed by atoms with van der Waals surface area (Å²) in [5.41, 5.74) is 2.76. The predicted octanol–water partition coefficient (Wildman–Crippen LogP) is 0.206. The summed E-state index contributed by atoms with van der Waals surface area (Å²) < 4.78 is 0. The first-order valence-electron chi connectivity index (χ1n) is 8.45. The molecule has 3 rings (SSSR count). The van der Waals surface area contributed by atoms with Gasteiger partial charge in [0.2, 0.25) is 0 Å². The van der Waals surface area contributed by atoms with Crippen molar-refractivity contribution >= 4 is 5.69 Å². The van der Waals surface area contributed by atoms with Crippen LogP contribution in [0.25, 0.3) is 0 Å². The summed E-state index contributed by atoms with van der Waals surface area (Å²) in [6.45, 7) is 10.8. The molecule has 1 aromatic rings. The lowest BCUT2D eigenvalue weighted by Gasteiger charge is -2.36. The molecule has 2 aliphatic heterocycles. The Kier molecular flexibility index (Phi) is 5.67. The minimum Gasteiger partial charge on any atom is -0.395 e. The van der Waals surface area contributed by atoms with E-state index in [1.807, 2.05) is 0 Å². The van der Waals surface area contributed by atoms with Gasteiger partial charge in [-0.3, -0.25) is 9.80 Å². The second-order valence-electron chi connectivity index (χ2n) is 6.25. The first-order chi connectivity index (χ1) is 10.8. The zero-order valence-electron chi connectivity index (χ0n) is 13.4. The van der Waals surface area contributed by atoms with Gasteiger partial charge in [-0.1, -0.05) is 12.1 Å². The second-order valence-corrected chi connectivity index (χ2v) is 6.25. The maximum Gasteiger partial charge on any atom is 0.0558 e. The molecule has 0 bridgehead atoms. The number of aliphatic hydroxyl groups excluding tert-OH is 1. The lowest BCUT2D eigenvalue weighted by Crippen LogP contribution is -2.47. The van der Waals surface area contributed by atoms with E-state index in [0.29, 0.717) is 0 Å². The van der Waals surface area contributed by atoms with Crippen LogP contribution in [0.2, 0.25) is 0 Å². The van der Waals surface area contributed by atoms with E-state index in [-0.39, 0.29) is 6.61 Å². The van der Waals surface area contributed by atoms with E-state index < -0.39 is 0 Å². The van der Waals surface area contributed by atoms with E-state index in [2.05, 4.69) is 44.3 Å². The Morgan fingerprint density at radius 1 is 0.955 bits per heavy atom. The number of nitrogens with one attached hydrogen (secondary N) is 1. The molecule has 1 aromatic carbocycles. The molecule has 5 heteroatoms. The molecule has 0 unspecified atom stereocenters. The van der Waals surface area contributed by atoms with Crippen LogP contribution in [-0.2, 0) is 6.54 Å². The van der Waals surface area contributed by atoms with Crippen molar-refractivity contribution in [2.45, 2.75) is 6.54 Å². The van der Waals surface area contributed by atoms with Gasteiger partial charge in [-0.05, 0) is 17.7 Å². The first kappa shape index (κ1) is 15.7. The van der Waals surface area contributed by atoms with Crippen molar-refractivity contribution in [3.63, 3.8) is 0 Å². The van der Waals surface area contributed by atoms with Crippen molar-refractivity contribution in [2.24, 2.45) is 0 Å². The van der Waals surface area contributed by atoms with Crippen molar-refractivity contribution < 1.29 is 5.11 Å². The zero-order valence-corrected chi connectivity index (χ0v) is 13.4. The van der Waals surface area contributed by atoms with Crippen LogP contribution >= 0.6 is 0 Å². The fourth-order valence-electron chi connectivity index (χ4n) is 3.35. The van der Waals surface area contributed by atoms with Crippen LogP contribution in [0.1, 0.15) is 5.56 Å². The first-order valence-corrected chi connectivity index (χ1v) is 8.45. The Hall–Kier alpha value is -1.14. The number of benzene rings is 1. The summed E-state index contributed by atoms with van der Waals surface area (Å²) in [6, 6.07) is 9.01.